The molecule has 0 bridgehead atoms. The molecule has 18 heavy (non-hydrogen) atoms. The van der Waals surface area contributed by atoms with E-state index in [9.17, 15) is 5.11 Å². The van der Waals surface area contributed by atoms with E-state index in [2.05, 4.69) is 30.9 Å². The summed E-state index contributed by atoms with van der Waals surface area (Å²) in [6.07, 6.45) is 3.10. The van der Waals surface area contributed by atoms with Crippen LogP contribution in [0.3, 0.4) is 0 Å². The smallest absolute Gasteiger partial charge is 0.232 e. The summed E-state index contributed by atoms with van der Waals surface area (Å²) in [5.41, 5.74) is 0. The van der Waals surface area contributed by atoms with Crippen LogP contribution >= 0.6 is 0 Å². The molecule has 1 aromatic rings. The number of nitrogens with zero attached hydrogens (tertiary/aromatic N) is 2. The summed E-state index contributed by atoms with van der Waals surface area (Å²) < 4.78 is 5.38. The molecule has 4 atom stereocenters. The number of hydrogen-bond donors (Lipinski definition) is 1. The van der Waals surface area contributed by atoms with Gasteiger partial charge >= 0.3 is 0 Å². The van der Waals surface area contributed by atoms with Crippen LogP contribution < -0.4 is 0 Å². The Morgan fingerprint density at radius 2 is 2.00 bits per heavy atom. The molecule has 1 fully saturated rings. The Hall–Kier alpha value is -0.900. The fourth-order valence-electron chi connectivity index (χ4n) is 3.04. The van der Waals surface area contributed by atoms with Crippen molar-refractivity contribution in [3.05, 3.63) is 11.7 Å². The van der Waals surface area contributed by atoms with Crippen LogP contribution in [0.1, 0.15) is 70.5 Å². The second kappa shape index (κ2) is 5.39. The third-order valence-corrected chi connectivity index (χ3v) is 4.04. The molecule has 1 N–H and O–H groups in total. The second-order valence-electron chi connectivity index (χ2n) is 6.12. The first kappa shape index (κ1) is 13.5. The molecule has 1 aromatic heterocycles. The predicted octanol–water partition coefficient (Wildman–Crippen LogP) is 3.09. The fraction of sp³-hybridized carbons (Fsp3) is 0.857. The van der Waals surface area contributed by atoms with Gasteiger partial charge in [-0.25, -0.2) is 0 Å². The summed E-state index contributed by atoms with van der Waals surface area (Å²) in [4.78, 5) is 4.53. The van der Waals surface area contributed by atoms with E-state index in [1.165, 1.54) is 6.42 Å². The molecule has 0 amide bonds. The average Bonchev–Trinajstić information content (AvgIpc) is 2.85. The van der Waals surface area contributed by atoms with Gasteiger partial charge in [-0.3, -0.25) is 0 Å². The Morgan fingerprint density at radius 1 is 1.28 bits per heavy atom. The van der Waals surface area contributed by atoms with E-state index in [4.69, 9.17) is 4.52 Å². The highest BCUT2D eigenvalue weighted by Crippen LogP contribution is 2.37. The third-order valence-electron chi connectivity index (χ3n) is 4.04. The van der Waals surface area contributed by atoms with Crippen LogP contribution in [0, 0.1) is 11.8 Å². The lowest BCUT2D eigenvalue weighted by Crippen LogP contribution is -2.20. The van der Waals surface area contributed by atoms with E-state index in [0.717, 1.165) is 24.6 Å². The van der Waals surface area contributed by atoms with Crippen LogP contribution in [0.15, 0.2) is 4.52 Å². The van der Waals surface area contributed by atoms with E-state index in [0.29, 0.717) is 17.7 Å². The third kappa shape index (κ3) is 2.74. The maximum Gasteiger partial charge on any atom is 0.232 e. The molecule has 0 aliphatic heterocycles. The lowest BCUT2D eigenvalue weighted by Gasteiger charge is -2.19. The molecule has 1 aliphatic carbocycles. The van der Waals surface area contributed by atoms with Crippen molar-refractivity contribution in [2.75, 3.05) is 0 Å². The van der Waals surface area contributed by atoms with E-state index in [-0.39, 0.29) is 5.92 Å². The minimum absolute atomic E-state index is 0.0647. The maximum absolute atomic E-state index is 9.82. The van der Waals surface area contributed by atoms with Crippen molar-refractivity contribution < 1.29 is 9.63 Å². The maximum atomic E-state index is 9.82. The van der Waals surface area contributed by atoms with Crippen LogP contribution in [0.2, 0.25) is 0 Å². The first-order chi connectivity index (χ1) is 8.49. The van der Waals surface area contributed by atoms with Gasteiger partial charge in [-0.15, -0.1) is 0 Å². The molecule has 0 aromatic carbocycles. The molecular formula is C14H24N2O2. The van der Waals surface area contributed by atoms with Crippen molar-refractivity contribution in [1.29, 1.82) is 0 Å². The zero-order chi connectivity index (χ0) is 13.3. The van der Waals surface area contributed by atoms with Gasteiger partial charge in [0.05, 0.1) is 12.0 Å². The summed E-state index contributed by atoms with van der Waals surface area (Å²) in [7, 11) is 0. The van der Waals surface area contributed by atoms with Gasteiger partial charge in [-0.1, -0.05) is 25.9 Å². The van der Waals surface area contributed by atoms with Gasteiger partial charge in [0.15, 0.2) is 5.82 Å². The zero-order valence-electron chi connectivity index (χ0n) is 11.8. The Bertz CT molecular complexity index is 379. The van der Waals surface area contributed by atoms with Crippen molar-refractivity contribution >= 4 is 0 Å². The van der Waals surface area contributed by atoms with Gasteiger partial charge in [0.1, 0.15) is 0 Å². The first-order valence-corrected chi connectivity index (χ1v) is 7.00. The molecule has 4 unspecified atom stereocenters. The predicted molar refractivity (Wildman–Crippen MR) is 69.3 cm³/mol. The van der Waals surface area contributed by atoms with E-state index in [1.54, 1.807) is 6.92 Å². The number of aliphatic hydroxyl groups excluding tert-OH is 1. The molecule has 0 spiro atoms. The average molecular weight is 252 g/mol. The van der Waals surface area contributed by atoms with Gasteiger partial charge < -0.3 is 9.63 Å². The Kier molecular flexibility index (Phi) is 4.05. The molecule has 102 valence electrons. The summed E-state index contributed by atoms with van der Waals surface area (Å²) in [5.74, 6) is 2.86. The fourth-order valence-corrected chi connectivity index (χ4v) is 3.04. The normalized spacial score (nSPS) is 27.7. The van der Waals surface area contributed by atoms with Gasteiger partial charge in [0.25, 0.3) is 0 Å². The van der Waals surface area contributed by atoms with E-state index >= 15 is 0 Å². The van der Waals surface area contributed by atoms with E-state index < -0.39 is 6.10 Å². The van der Waals surface area contributed by atoms with Crippen LogP contribution in [0.5, 0.6) is 0 Å². The van der Waals surface area contributed by atoms with Crippen molar-refractivity contribution in [3.63, 3.8) is 0 Å². The summed E-state index contributed by atoms with van der Waals surface area (Å²) in [6.45, 7) is 8.19. The standard InChI is InChI=1S/C14H24N2O2/c1-8(2)12(10(4)17)14-15-13(16-18-14)11-6-5-9(3)7-11/h8-12,17H,5-7H2,1-4H3. The number of hydrogen-bond acceptors (Lipinski definition) is 4. The summed E-state index contributed by atoms with van der Waals surface area (Å²) in [5, 5.41) is 13.9. The zero-order valence-corrected chi connectivity index (χ0v) is 11.8. The summed E-state index contributed by atoms with van der Waals surface area (Å²) >= 11 is 0. The SMILES string of the molecule is CC1CCC(c2noc(C(C(C)C)C(C)O)n2)C1. The lowest BCUT2D eigenvalue weighted by molar-refractivity contribution is 0.120. The Balaban J connectivity index is 2.14. The molecular weight excluding hydrogens is 228 g/mol. The molecule has 1 aliphatic rings. The van der Waals surface area contributed by atoms with Gasteiger partial charge in [0.2, 0.25) is 5.89 Å². The van der Waals surface area contributed by atoms with Crippen molar-refractivity contribution in [2.45, 2.75) is 64.9 Å². The van der Waals surface area contributed by atoms with E-state index in [1.807, 2.05) is 0 Å². The van der Waals surface area contributed by atoms with Crippen LogP contribution in [0.4, 0.5) is 0 Å². The molecule has 4 nitrogen and oxygen atoms in total. The second-order valence-corrected chi connectivity index (χ2v) is 6.12. The number of rotatable bonds is 4. The Labute approximate surface area is 109 Å². The monoisotopic (exact) mass is 252 g/mol. The Morgan fingerprint density at radius 3 is 2.50 bits per heavy atom. The number of aromatic nitrogens is 2. The van der Waals surface area contributed by atoms with Gasteiger partial charge in [-0.05, 0) is 38.0 Å². The van der Waals surface area contributed by atoms with Gasteiger partial charge in [-0.2, -0.15) is 4.98 Å². The highest BCUT2D eigenvalue weighted by molar-refractivity contribution is 5.03. The molecule has 0 radical (unpaired) electrons. The largest absolute Gasteiger partial charge is 0.393 e. The lowest BCUT2D eigenvalue weighted by atomic mass is 9.91. The molecule has 1 heterocycles. The van der Waals surface area contributed by atoms with Crippen molar-refractivity contribution in [3.8, 4) is 0 Å². The minimum Gasteiger partial charge on any atom is -0.393 e. The van der Waals surface area contributed by atoms with Gasteiger partial charge in [0, 0.05) is 5.92 Å². The van der Waals surface area contributed by atoms with Crippen LogP contribution in [-0.4, -0.2) is 21.4 Å². The molecule has 0 saturated heterocycles. The first-order valence-electron chi connectivity index (χ1n) is 7.00. The summed E-state index contributed by atoms with van der Waals surface area (Å²) in [6, 6.07) is 0. The van der Waals surface area contributed by atoms with Crippen molar-refractivity contribution in [2.24, 2.45) is 11.8 Å². The molecule has 2 rings (SSSR count). The van der Waals surface area contributed by atoms with Crippen molar-refractivity contribution in [1.82, 2.24) is 10.1 Å². The van der Waals surface area contributed by atoms with Crippen LogP contribution in [-0.2, 0) is 0 Å². The quantitative estimate of drug-likeness (QED) is 0.894. The highest BCUT2D eigenvalue weighted by Gasteiger charge is 2.31. The minimum atomic E-state index is -0.458. The topological polar surface area (TPSA) is 59.2 Å². The van der Waals surface area contributed by atoms with Crippen LogP contribution in [0.25, 0.3) is 0 Å². The molecule has 4 heteroatoms. The molecule has 1 saturated carbocycles. The highest BCUT2D eigenvalue weighted by atomic mass is 16.5. The number of aliphatic hydroxyl groups is 1.